The standard InChI is InChI=1S/C29H48N4.4ClH/c1-26(32-24-28-14-8-6-9-15-28)18-22-30-20-12-4-3-5-13-21-31-23-19-27(2)33-25-29-16-10-7-11-17-29;;;;/h6-11,14-17,26-27,30-33H,3-5,12-13,18-25H2,1-2H3;4*1H. The summed E-state index contributed by atoms with van der Waals surface area (Å²) in [5.74, 6) is 0. The van der Waals surface area contributed by atoms with Crippen molar-refractivity contribution >= 4 is 49.6 Å². The highest BCUT2D eigenvalue weighted by atomic mass is 35.5. The zero-order chi connectivity index (χ0) is 23.4. The van der Waals surface area contributed by atoms with Gasteiger partial charge in [-0.1, -0.05) is 79.9 Å². The average molecular weight is 599 g/mol. The number of rotatable bonds is 20. The molecule has 0 saturated heterocycles. The number of unbranched alkanes of at least 4 members (excludes halogenated alkanes) is 4. The van der Waals surface area contributed by atoms with E-state index in [1.54, 1.807) is 0 Å². The molecule has 0 amide bonds. The fourth-order valence-electron chi connectivity index (χ4n) is 3.90. The van der Waals surface area contributed by atoms with Crippen molar-refractivity contribution in [2.75, 3.05) is 26.2 Å². The second-order valence-electron chi connectivity index (χ2n) is 9.38. The van der Waals surface area contributed by atoms with Crippen molar-refractivity contribution in [1.29, 1.82) is 0 Å². The molecule has 0 radical (unpaired) electrons. The molecule has 216 valence electrons. The molecule has 0 fully saturated rings. The number of hydrogen-bond donors (Lipinski definition) is 4. The summed E-state index contributed by atoms with van der Waals surface area (Å²) in [7, 11) is 0. The van der Waals surface area contributed by atoms with Crippen LogP contribution in [0, 0.1) is 0 Å². The van der Waals surface area contributed by atoms with E-state index in [4.69, 9.17) is 0 Å². The largest absolute Gasteiger partial charge is 0.317 e. The molecule has 2 aromatic rings. The van der Waals surface area contributed by atoms with Gasteiger partial charge >= 0.3 is 0 Å². The summed E-state index contributed by atoms with van der Waals surface area (Å²) in [4.78, 5) is 0. The summed E-state index contributed by atoms with van der Waals surface area (Å²) in [6.07, 6.45) is 8.99. The van der Waals surface area contributed by atoms with E-state index in [1.165, 1.54) is 56.1 Å². The Morgan fingerprint density at radius 1 is 0.486 bits per heavy atom. The fourth-order valence-corrected chi connectivity index (χ4v) is 3.90. The molecular weight excluding hydrogens is 546 g/mol. The maximum Gasteiger partial charge on any atom is 0.0207 e. The van der Waals surface area contributed by atoms with Crippen LogP contribution in [0.25, 0.3) is 0 Å². The Bertz CT molecular complexity index is 635. The van der Waals surface area contributed by atoms with Gasteiger partial charge in [0.05, 0.1) is 0 Å². The molecule has 0 aliphatic rings. The van der Waals surface area contributed by atoms with Crippen LogP contribution < -0.4 is 21.3 Å². The van der Waals surface area contributed by atoms with Gasteiger partial charge in [-0.3, -0.25) is 0 Å². The number of nitrogens with one attached hydrogen (secondary N) is 4. The minimum atomic E-state index is 0. The first kappa shape index (κ1) is 40.9. The Balaban J connectivity index is -0.00000289. The zero-order valence-corrected chi connectivity index (χ0v) is 26.0. The quantitative estimate of drug-likeness (QED) is 0.125. The van der Waals surface area contributed by atoms with Crippen LogP contribution in [0.15, 0.2) is 60.7 Å². The van der Waals surface area contributed by atoms with Crippen LogP contribution in [0.3, 0.4) is 0 Å². The molecule has 0 saturated carbocycles. The van der Waals surface area contributed by atoms with Crippen LogP contribution in [-0.2, 0) is 13.1 Å². The minimum absolute atomic E-state index is 0. The third-order valence-electron chi connectivity index (χ3n) is 6.21. The van der Waals surface area contributed by atoms with Crippen molar-refractivity contribution in [2.45, 2.75) is 84.0 Å². The number of halogens is 4. The first-order chi connectivity index (χ1) is 16.2. The van der Waals surface area contributed by atoms with E-state index in [0.29, 0.717) is 12.1 Å². The Labute approximate surface area is 252 Å². The van der Waals surface area contributed by atoms with Gasteiger partial charge in [-0.25, -0.2) is 0 Å². The first-order valence-electron chi connectivity index (χ1n) is 13.2. The highest BCUT2D eigenvalue weighted by Gasteiger charge is 2.02. The topological polar surface area (TPSA) is 48.1 Å². The van der Waals surface area contributed by atoms with Gasteiger partial charge in [-0.15, -0.1) is 49.6 Å². The van der Waals surface area contributed by atoms with Gasteiger partial charge < -0.3 is 21.3 Å². The van der Waals surface area contributed by atoms with Gasteiger partial charge in [0.2, 0.25) is 0 Å². The summed E-state index contributed by atoms with van der Waals surface area (Å²) in [6.45, 7) is 11.0. The monoisotopic (exact) mass is 596 g/mol. The van der Waals surface area contributed by atoms with E-state index in [2.05, 4.69) is 95.8 Å². The second-order valence-corrected chi connectivity index (χ2v) is 9.38. The van der Waals surface area contributed by atoms with Crippen LogP contribution in [-0.4, -0.2) is 38.3 Å². The Morgan fingerprint density at radius 3 is 1.22 bits per heavy atom. The van der Waals surface area contributed by atoms with Gasteiger partial charge in [0.25, 0.3) is 0 Å². The molecular formula is C29H52Cl4N4. The van der Waals surface area contributed by atoms with Crippen molar-refractivity contribution in [1.82, 2.24) is 21.3 Å². The van der Waals surface area contributed by atoms with Crippen LogP contribution >= 0.6 is 49.6 Å². The summed E-state index contributed by atoms with van der Waals surface area (Å²) >= 11 is 0. The van der Waals surface area contributed by atoms with Gasteiger partial charge in [-0.2, -0.15) is 0 Å². The molecule has 0 heterocycles. The van der Waals surface area contributed by atoms with E-state index >= 15 is 0 Å². The predicted octanol–water partition coefficient (Wildman–Crippen LogP) is 6.94. The zero-order valence-electron chi connectivity index (χ0n) is 22.8. The molecule has 4 nitrogen and oxygen atoms in total. The normalized spacial score (nSPS) is 11.7. The summed E-state index contributed by atoms with van der Waals surface area (Å²) in [5.41, 5.74) is 2.72. The predicted molar refractivity (Wildman–Crippen MR) is 173 cm³/mol. The van der Waals surface area contributed by atoms with Crippen LogP contribution in [0.4, 0.5) is 0 Å². The maximum absolute atomic E-state index is 3.61. The molecule has 0 aliphatic heterocycles. The van der Waals surface area contributed by atoms with Crippen LogP contribution in [0.2, 0.25) is 0 Å². The molecule has 0 bridgehead atoms. The van der Waals surface area contributed by atoms with Crippen molar-refractivity contribution in [2.24, 2.45) is 0 Å². The third-order valence-corrected chi connectivity index (χ3v) is 6.21. The third kappa shape index (κ3) is 23.1. The molecule has 2 atom stereocenters. The summed E-state index contributed by atoms with van der Waals surface area (Å²) in [6, 6.07) is 22.4. The molecule has 0 aliphatic carbocycles. The molecule has 37 heavy (non-hydrogen) atoms. The average Bonchev–Trinajstić information content (AvgIpc) is 2.85. The SMILES string of the molecule is CC(CCNCCCCCCCNCCC(C)NCc1ccccc1)NCc1ccccc1.Cl.Cl.Cl.Cl. The number of hydrogen-bond acceptors (Lipinski definition) is 4. The fraction of sp³-hybridized carbons (Fsp3) is 0.586. The van der Waals surface area contributed by atoms with E-state index in [-0.39, 0.29) is 49.6 Å². The molecule has 2 rings (SSSR count). The van der Waals surface area contributed by atoms with Crippen LogP contribution in [0.1, 0.15) is 69.9 Å². The van der Waals surface area contributed by atoms with E-state index in [1.807, 2.05) is 0 Å². The number of benzene rings is 2. The highest BCUT2D eigenvalue weighted by Crippen LogP contribution is 2.03. The Morgan fingerprint density at radius 2 is 0.838 bits per heavy atom. The minimum Gasteiger partial charge on any atom is -0.317 e. The van der Waals surface area contributed by atoms with E-state index < -0.39 is 0 Å². The van der Waals surface area contributed by atoms with Crippen LogP contribution in [0.5, 0.6) is 0 Å². The van der Waals surface area contributed by atoms with Gasteiger partial charge in [0.15, 0.2) is 0 Å². The second kappa shape index (κ2) is 28.4. The highest BCUT2D eigenvalue weighted by molar-refractivity contribution is 5.86. The van der Waals surface area contributed by atoms with Gasteiger partial charge in [0, 0.05) is 25.2 Å². The summed E-state index contributed by atoms with van der Waals surface area (Å²) in [5, 5.41) is 14.4. The van der Waals surface area contributed by atoms with Gasteiger partial charge in [0.1, 0.15) is 0 Å². The van der Waals surface area contributed by atoms with Crippen molar-refractivity contribution < 1.29 is 0 Å². The van der Waals surface area contributed by atoms with E-state index in [9.17, 15) is 0 Å². The van der Waals surface area contributed by atoms with Gasteiger partial charge in [-0.05, 0) is 76.8 Å². The smallest absolute Gasteiger partial charge is 0.0207 e. The lowest BCUT2D eigenvalue weighted by Crippen LogP contribution is -2.30. The molecule has 4 N–H and O–H groups in total. The Kier molecular flexibility index (Phi) is 31.5. The van der Waals surface area contributed by atoms with Crippen molar-refractivity contribution in [3.8, 4) is 0 Å². The maximum atomic E-state index is 3.61. The van der Waals surface area contributed by atoms with E-state index in [0.717, 1.165) is 39.3 Å². The molecule has 0 aromatic heterocycles. The lowest BCUT2D eigenvalue weighted by atomic mass is 10.1. The Hall–Kier alpha value is -0.560. The summed E-state index contributed by atoms with van der Waals surface area (Å²) < 4.78 is 0. The molecule has 2 unspecified atom stereocenters. The van der Waals surface area contributed by atoms with Crippen molar-refractivity contribution in [3.63, 3.8) is 0 Å². The molecule has 2 aromatic carbocycles. The lowest BCUT2D eigenvalue weighted by Gasteiger charge is -2.14. The lowest BCUT2D eigenvalue weighted by molar-refractivity contribution is 0.479. The van der Waals surface area contributed by atoms with Crippen molar-refractivity contribution in [3.05, 3.63) is 71.8 Å². The first-order valence-corrected chi connectivity index (χ1v) is 13.2. The molecule has 8 heteroatoms. The molecule has 0 spiro atoms.